The molecule has 0 spiro atoms. The van der Waals surface area contributed by atoms with Crippen LogP contribution < -0.4 is 8.92 Å². The highest BCUT2D eigenvalue weighted by Crippen LogP contribution is 2.30. The number of hydrogen-bond donors (Lipinski definition) is 0. The predicted octanol–water partition coefficient (Wildman–Crippen LogP) is 2.38. The van der Waals surface area contributed by atoms with E-state index in [1.165, 1.54) is 37.4 Å². The summed E-state index contributed by atoms with van der Waals surface area (Å²) in [6.45, 7) is 0. The van der Waals surface area contributed by atoms with Gasteiger partial charge in [-0.1, -0.05) is 11.6 Å². The second kappa shape index (κ2) is 5.99. The van der Waals surface area contributed by atoms with Crippen molar-refractivity contribution in [3.63, 3.8) is 0 Å². The summed E-state index contributed by atoms with van der Waals surface area (Å²) in [6.07, 6.45) is 1.09. The van der Waals surface area contributed by atoms with E-state index in [1.54, 1.807) is 0 Å². The summed E-state index contributed by atoms with van der Waals surface area (Å²) < 4.78 is 34.2. The second-order valence-corrected chi connectivity index (χ2v) is 5.77. The van der Waals surface area contributed by atoms with Crippen molar-refractivity contribution < 1.29 is 17.3 Å². The Morgan fingerprint density at radius 2 is 2.00 bits per heavy atom. The standard InChI is InChI=1S/C13H9ClN2O4S/c1-19-12-6-9(7-15)2-4-11(12)20-21(17,18)10-3-5-13(14)16-8-10/h2-6,8H,1H3. The third-order valence-corrected chi connectivity index (χ3v) is 3.92. The summed E-state index contributed by atoms with van der Waals surface area (Å²) in [6, 6.07) is 8.69. The molecule has 0 fully saturated rings. The number of hydrogen-bond acceptors (Lipinski definition) is 6. The molecule has 0 saturated carbocycles. The molecule has 1 aromatic heterocycles. The first-order valence-corrected chi connectivity index (χ1v) is 7.39. The molecule has 0 atom stereocenters. The molecule has 0 unspecified atom stereocenters. The molecule has 1 aromatic carbocycles. The molecule has 0 radical (unpaired) electrons. The number of benzene rings is 1. The van der Waals surface area contributed by atoms with Crippen molar-refractivity contribution >= 4 is 21.7 Å². The first kappa shape index (κ1) is 15.1. The molecule has 0 bridgehead atoms. The maximum absolute atomic E-state index is 12.1. The number of rotatable bonds is 4. The van der Waals surface area contributed by atoms with E-state index in [0.717, 1.165) is 6.20 Å². The highest BCUT2D eigenvalue weighted by Gasteiger charge is 2.19. The Bertz CT molecular complexity index is 798. The van der Waals surface area contributed by atoms with Crippen LogP contribution >= 0.6 is 11.6 Å². The van der Waals surface area contributed by atoms with Crippen LogP contribution in [-0.4, -0.2) is 20.5 Å². The Balaban J connectivity index is 2.37. The lowest BCUT2D eigenvalue weighted by Crippen LogP contribution is -2.10. The smallest absolute Gasteiger partial charge is 0.340 e. The zero-order valence-electron chi connectivity index (χ0n) is 10.8. The molecule has 0 aliphatic carbocycles. The maximum Gasteiger partial charge on any atom is 0.340 e. The highest BCUT2D eigenvalue weighted by molar-refractivity contribution is 7.87. The van der Waals surface area contributed by atoms with Crippen LogP contribution in [-0.2, 0) is 10.1 Å². The normalized spacial score (nSPS) is 10.7. The van der Waals surface area contributed by atoms with Gasteiger partial charge in [0.2, 0.25) is 0 Å². The van der Waals surface area contributed by atoms with Crippen LogP contribution in [0.3, 0.4) is 0 Å². The fraction of sp³-hybridized carbons (Fsp3) is 0.0769. The van der Waals surface area contributed by atoms with E-state index in [1.807, 2.05) is 6.07 Å². The van der Waals surface area contributed by atoms with Crippen LogP contribution in [0.5, 0.6) is 11.5 Å². The topological polar surface area (TPSA) is 89.3 Å². The minimum absolute atomic E-state index is 0.0218. The summed E-state index contributed by atoms with van der Waals surface area (Å²) in [5, 5.41) is 8.97. The van der Waals surface area contributed by atoms with E-state index in [9.17, 15) is 8.42 Å². The van der Waals surface area contributed by atoms with Crippen molar-refractivity contribution in [2.24, 2.45) is 0 Å². The third kappa shape index (κ3) is 3.42. The minimum atomic E-state index is -4.07. The van der Waals surface area contributed by atoms with E-state index < -0.39 is 10.1 Å². The monoisotopic (exact) mass is 324 g/mol. The largest absolute Gasteiger partial charge is 0.493 e. The fourth-order valence-corrected chi connectivity index (χ4v) is 2.48. The highest BCUT2D eigenvalue weighted by atomic mass is 35.5. The number of nitriles is 1. The lowest BCUT2D eigenvalue weighted by Gasteiger charge is -2.10. The van der Waals surface area contributed by atoms with Gasteiger partial charge in [0, 0.05) is 6.07 Å². The third-order valence-electron chi connectivity index (χ3n) is 2.48. The Labute approximate surface area is 126 Å². The van der Waals surface area contributed by atoms with Crippen LogP contribution in [0.2, 0.25) is 5.15 Å². The average Bonchev–Trinajstić information content (AvgIpc) is 2.47. The van der Waals surface area contributed by atoms with Gasteiger partial charge in [-0.05, 0) is 24.3 Å². The van der Waals surface area contributed by atoms with E-state index in [-0.39, 0.29) is 21.5 Å². The fourth-order valence-electron chi connectivity index (χ4n) is 1.48. The first-order chi connectivity index (χ1) is 9.96. The second-order valence-electron chi connectivity index (χ2n) is 3.83. The quantitative estimate of drug-likeness (QED) is 0.633. The SMILES string of the molecule is COc1cc(C#N)ccc1OS(=O)(=O)c1ccc(Cl)nc1. The molecule has 0 aliphatic rings. The molecule has 2 rings (SSSR count). The van der Waals surface area contributed by atoms with Gasteiger partial charge < -0.3 is 8.92 Å². The van der Waals surface area contributed by atoms with Crippen LogP contribution in [0.1, 0.15) is 5.56 Å². The summed E-state index contributed by atoms with van der Waals surface area (Å²) in [7, 11) is -2.72. The molecule has 0 aliphatic heterocycles. The molecule has 21 heavy (non-hydrogen) atoms. The molecular formula is C13H9ClN2O4S. The molecule has 1 heterocycles. The number of ether oxygens (including phenoxy) is 1. The Kier molecular flexibility index (Phi) is 4.31. The molecule has 2 aromatic rings. The summed E-state index contributed by atoms with van der Waals surface area (Å²) in [4.78, 5) is 3.55. The first-order valence-electron chi connectivity index (χ1n) is 5.60. The molecule has 0 amide bonds. The van der Waals surface area contributed by atoms with Gasteiger partial charge in [-0.25, -0.2) is 4.98 Å². The van der Waals surface area contributed by atoms with E-state index in [0.29, 0.717) is 5.56 Å². The summed E-state index contributed by atoms with van der Waals surface area (Å²) in [5.41, 5.74) is 0.324. The zero-order valence-corrected chi connectivity index (χ0v) is 12.4. The number of pyridine rings is 1. The molecule has 0 saturated heterocycles. The van der Waals surface area contributed by atoms with Gasteiger partial charge in [0.15, 0.2) is 11.5 Å². The van der Waals surface area contributed by atoms with E-state index in [4.69, 9.17) is 25.8 Å². The molecule has 108 valence electrons. The zero-order chi connectivity index (χ0) is 15.5. The van der Waals surface area contributed by atoms with Gasteiger partial charge in [0.05, 0.1) is 24.9 Å². The van der Waals surface area contributed by atoms with Crippen molar-refractivity contribution in [3.05, 3.63) is 47.2 Å². The van der Waals surface area contributed by atoms with Crippen LogP contribution in [0.25, 0.3) is 0 Å². The summed E-state index contributed by atoms with van der Waals surface area (Å²) >= 11 is 5.61. The Hall–Kier alpha value is -2.30. The van der Waals surface area contributed by atoms with Crippen LogP contribution in [0.4, 0.5) is 0 Å². The van der Waals surface area contributed by atoms with Crippen molar-refractivity contribution in [3.8, 4) is 17.6 Å². The van der Waals surface area contributed by atoms with E-state index >= 15 is 0 Å². The molecule has 6 nitrogen and oxygen atoms in total. The number of halogens is 1. The summed E-state index contributed by atoms with van der Waals surface area (Å²) in [5.74, 6) is 0.117. The van der Waals surface area contributed by atoms with Gasteiger partial charge in [-0.3, -0.25) is 0 Å². The van der Waals surface area contributed by atoms with Crippen molar-refractivity contribution in [1.82, 2.24) is 4.98 Å². The van der Waals surface area contributed by atoms with Crippen molar-refractivity contribution in [1.29, 1.82) is 5.26 Å². The molecule has 0 N–H and O–H groups in total. The van der Waals surface area contributed by atoms with Gasteiger partial charge >= 0.3 is 10.1 Å². The lowest BCUT2D eigenvalue weighted by atomic mass is 10.2. The van der Waals surface area contributed by atoms with Gasteiger partial charge in [0.25, 0.3) is 0 Å². The van der Waals surface area contributed by atoms with Crippen molar-refractivity contribution in [2.45, 2.75) is 4.90 Å². The number of nitrogens with zero attached hydrogens (tertiary/aromatic N) is 2. The predicted molar refractivity (Wildman–Crippen MR) is 74.8 cm³/mol. The minimum Gasteiger partial charge on any atom is -0.493 e. The molecule has 8 heteroatoms. The Morgan fingerprint density at radius 1 is 1.24 bits per heavy atom. The average molecular weight is 325 g/mol. The van der Waals surface area contributed by atoms with Gasteiger partial charge in [0.1, 0.15) is 10.0 Å². The van der Waals surface area contributed by atoms with Gasteiger partial charge in [-0.2, -0.15) is 13.7 Å². The van der Waals surface area contributed by atoms with Crippen LogP contribution in [0, 0.1) is 11.3 Å². The van der Waals surface area contributed by atoms with Gasteiger partial charge in [-0.15, -0.1) is 0 Å². The van der Waals surface area contributed by atoms with Crippen LogP contribution in [0.15, 0.2) is 41.4 Å². The maximum atomic E-state index is 12.1. The Morgan fingerprint density at radius 3 is 2.57 bits per heavy atom. The number of aromatic nitrogens is 1. The van der Waals surface area contributed by atoms with E-state index in [2.05, 4.69) is 4.98 Å². The molecular weight excluding hydrogens is 316 g/mol. The lowest BCUT2D eigenvalue weighted by molar-refractivity contribution is 0.390. The van der Waals surface area contributed by atoms with Crippen molar-refractivity contribution in [2.75, 3.05) is 7.11 Å². The number of methoxy groups -OCH3 is 1.